The fourth-order valence-electron chi connectivity index (χ4n) is 2.31. The summed E-state index contributed by atoms with van der Waals surface area (Å²) in [6, 6.07) is 22.1. The van der Waals surface area contributed by atoms with E-state index in [0.29, 0.717) is 0 Å². The number of hydrogen-bond donors (Lipinski definition) is 0. The molecule has 1 aromatic heterocycles. The lowest BCUT2D eigenvalue weighted by atomic mass is 10.1. The topological polar surface area (TPSA) is 22.0 Å². The van der Waals surface area contributed by atoms with Crippen molar-refractivity contribution in [2.45, 2.75) is 6.92 Å². The minimum Gasteiger partial charge on any atom is -0.317 e. The van der Waals surface area contributed by atoms with Crippen molar-refractivity contribution >= 4 is 5.78 Å². The van der Waals surface area contributed by atoms with Crippen molar-refractivity contribution in [3.8, 4) is 16.9 Å². The van der Waals surface area contributed by atoms with E-state index in [4.69, 9.17) is 0 Å². The van der Waals surface area contributed by atoms with E-state index >= 15 is 0 Å². The van der Waals surface area contributed by atoms with Gasteiger partial charge in [0.1, 0.15) is 0 Å². The molecule has 0 N–H and O–H groups in total. The molecule has 0 fully saturated rings. The Balaban J connectivity index is 2.04. The molecule has 0 atom stereocenters. The molecule has 2 nitrogen and oxygen atoms in total. The molecule has 0 amide bonds. The number of carbonyl (C=O) groups is 1. The van der Waals surface area contributed by atoms with Crippen LogP contribution in [0, 0.1) is 0 Å². The van der Waals surface area contributed by atoms with Gasteiger partial charge in [-0.3, -0.25) is 4.79 Å². The average molecular weight is 261 g/mol. The third-order valence-corrected chi connectivity index (χ3v) is 3.37. The van der Waals surface area contributed by atoms with E-state index in [1.54, 1.807) is 6.92 Å². The number of hydrogen-bond acceptors (Lipinski definition) is 1. The summed E-state index contributed by atoms with van der Waals surface area (Å²) in [6.07, 6.45) is 2.05. The van der Waals surface area contributed by atoms with Crippen molar-refractivity contribution in [2.75, 3.05) is 0 Å². The second kappa shape index (κ2) is 5.17. The quantitative estimate of drug-likeness (QED) is 0.642. The standard InChI is InChI=1S/C18H15NO/c1-14(20)15-9-11-16(12-10-15)18-8-5-13-19(18)17-6-3-2-4-7-17/h2-13H,1H3. The smallest absolute Gasteiger partial charge is 0.159 e. The fraction of sp³-hybridized carbons (Fsp3) is 0.0556. The number of rotatable bonds is 3. The fourth-order valence-corrected chi connectivity index (χ4v) is 2.31. The van der Waals surface area contributed by atoms with E-state index < -0.39 is 0 Å². The molecule has 0 bridgehead atoms. The van der Waals surface area contributed by atoms with Gasteiger partial charge in [-0.2, -0.15) is 0 Å². The Bertz CT molecular complexity index is 724. The van der Waals surface area contributed by atoms with E-state index in [1.165, 1.54) is 0 Å². The normalized spacial score (nSPS) is 10.4. The maximum absolute atomic E-state index is 11.3. The van der Waals surface area contributed by atoms with Gasteiger partial charge in [0.25, 0.3) is 0 Å². The van der Waals surface area contributed by atoms with E-state index in [1.807, 2.05) is 54.7 Å². The first kappa shape index (κ1) is 12.4. The average Bonchev–Trinajstić information content (AvgIpc) is 2.97. The van der Waals surface area contributed by atoms with Gasteiger partial charge in [0.15, 0.2) is 5.78 Å². The molecule has 3 aromatic rings. The van der Waals surface area contributed by atoms with Crippen molar-refractivity contribution in [1.82, 2.24) is 4.57 Å². The predicted octanol–water partition coefficient (Wildman–Crippen LogP) is 4.35. The second-order valence-corrected chi connectivity index (χ2v) is 4.73. The molecule has 20 heavy (non-hydrogen) atoms. The monoisotopic (exact) mass is 261 g/mol. The van der Waals surface area contributed by atoms with Crippen molar-refractivity contribution in [3.05, 3.63) is 78.5 Å². The molecule has 3 rings (SSSR count). The SMILES string of the molecule is CC(=O)c1ccc(-c2cccn2-c2ccccc2)cc1. The van der Waals surface area contributed by atoms with Crippen LogP contribution in [0.5, 0.6) is 0 Å². The zero-order chi connectivity index (χ0) is 13.9. The summed E-state index contributed by atoms with van der Waals surface area (Å²) in [6.45, 7) is 1.58. The third-order valence-electron chi connectivity index (χ3n) is 3.37. The van der Waals surface area contributed by atoms with Gasteiger partial charge in [-0.25, -0.2) is 0 Å². The van der Waals surface area contributed by atoms with E-state index in [2.05, 4.69) is 22.8 Å². The molecule has 0 unspecified atom stereocenters. The molecule has 0 saturated heterocycles. The number of benzene rings is 2. The molecule has 0 aliphatic carbocycles. The van der Waals surface area contributed by atoms with Crippen LogP contribution in [0.3, 0.4) is 0 Å². The van der Waals surface area contributed by atoms with Gasteiger partial charge in [-0.05, 0) is 36.8 Å². The molecule has 98 valence electrons. The minimum atomic E-state index is 0.0926. The summed E-state index contributed by atoms with van der Waals surface area (Å²) >= 11 is 0. The Morgan fingerprint density at radius 3 is 2.20 bits per heavy atom. The van der Waals surface area contributed by atoms with E-state index in [9.17, 15) is 4.79 Å². The van der Waals surface area contributed by atoms with Crippen LogP contribution in [-0.2, 0) is 0 Å². The maximum atomic E-state index is 11.3. The number of carbonyl (C=O) groups excluding carboxylic acids is 1. The zero-order valence-electron chi connectivity index (χ0n) is 11.3. The van der Waals surface area contributed by atoms with Gasteiger partial charge in [0, 0.05) is 17.4 Å². The largest absolute Gasteiger partial charge is 0.317 e. The highest BCUT2D eigenvalue weighted by Crippen LogP contribution is 2.24. The van der Waals surface area contributed by atoms with Crippen LogP contribution in [0.4, 0.5) is 0 Å². The third kappa shape index (κ3) is 2.28. The van der Waals surface area contributed by atoms with Crippen LogP contribution in [0.2, 0.25) is 0 Å². The summed E-state index contributed by atoms with van der Waals surface area (Å²) in [4.78, 5) is 11.3. The number of Topliss-reactive ketones (excluding diaryl/α,β-unsaturated/α-hetero) is 1. The first-order valence-corrected chi connectivity index (χ1v) is 6.60. The summed E-state index contributed by atoms with van der Waals surface area (Å²) in [5.41, 5.74) is 4.09. The van der Waals surface area contributed by atoms with Crippen molar-refractivity contribution < 1.29 is 4.79 Å². The molecule has 2 aromatic carbocycles. The van der Waals surface area contributed by atoms with Gasteiger partial charge in [-0.1, -0.05) is 42.5 Å². The molecule has 0 radical (unpaired) electrons. The Morgan fingerprint density at radius 1 is 0.850 bits per heavy atom. The highest BCUT2D eigenvalue weighted by Gasteiger charge is 2.06. The van der Waals surface area contributed by atoms with Crippen molar-refractivity contribution in [2.24, 2.45) is 0 Å². The summed E-state index contributed by atoms with van der Waals surface area (Å²) in [5, 5.41) is 0. The van der Waals surface area contributed by atoms with Crippen LogP contribution < -0.4 is 0 Å². The van der Waals surface area contributed by atoms with E-state index in [0.717, 1.165) is 22.5 Å². The predicted molar refractivity (Wildman–Crippen MR) is 81.2 cm³/mol. The number of nitrogens with zero attached hydrogens (tertiary/aromatic N) is 1. The van der Waals surface area contributed by atoms with Crippen LogP contribution >= 0.6 is 0 Å². The van der Waals surface area contributed by atoms with Crippen LogP contribution in [0.25, 0.3) is 16.9 Å². The molecule has 2 heteroatoms. The first-order chi connectivity index (χ1) is 9.75. The lowest BCUT2D eigenvalue weighted by molar-refractivity contribution is 0.101. The summed E-state index contributed by atoms with van der Waals surface area (Å²) in [5.74, 6) is 0.0926. The maximum Gasteiger partial charge on any atom is 0.159 e. The first-order valence-electron chi connectivity index (χ1n) is 6.60. The minimum absolute atomic E-state index is 0.0926. The lowest BCUT2D eigenvalue weighted by Crippen LogP contribution is -1.95. The molecule has 0 aliphatic rings. The highest BCUT2D eigenvalue weighted by molar-refractivity contribution is 5.94. The Morgan fingerprint density at radius 2 is 1.55 bits per heavy atom. The van der Waals surface area contributed by atoms with E-state index in [-0.39, 0.29) is 5.78 Å². The molecular weight excluding hydrogens is 246 g/mol. The van der Waals surface area contributed by atoms with Crippen molar-refractivity contribution in [3.63, 3.8) is 0 Å². The molecule has 0 spiro atoms. The van der Waals surface area contributed by atoms with Crippen LogP contribution in [0.1, 0.15) is 17.3 Å². The lowest BCUT2D eigenvalue weighted by Gasteiger charge is -2.09. The number of aromatic nitrogens is 1. The van der Waals surface area contributed by atoms with Crippen LogP contribution in [-0.4, -0.2) is 10.4 Å². The second-order valence-electron chi connectivity index (χ2n) is 4.73. The molecule has 1 heterocycles. The van der Waals surface area contributed by atoms with Gasteiger partial charge >= 0.3 is 0 Å². The molecule has 0 saturated carbocycles. The van der Waals surface area contributed by atoms with Crippen molar-refractivity contribution in [1.29, 1.82) is 0 Å². The van der Waals surface area contributed by atoms with Gasteiger partial charge < -0.3 is 4.57 Å². The Kier molecular flexibility index (Phi) is 3.21. The Labute approximate surface area is 118 Å². The molecular formula is C18H15NO. The Hall–Kier alpha value is -2.61. The number of para-hydroxylation sites is 1. The molecule has 0 aliphatic heterocycles. The van der Waals surface area contributed by atoms with Gasteiger partial charge in [0.2, 0.25) is 0 Å². The van der Waals surface area contributed by atoms with Gasteiger partial charge in [-0.15, -0.1) is 0 Å². The summed E-state index contributed by atoms with van der Waals surface area (Å²) < 4.78 is 2.14. The zero-order valence-corrected chi connectivity index (χ0v) is 11.3. The summed E-state index contributed by atoms with van der Waals surface area (Å²) in [7, 11) is 0. The van der Waals surface area contributed by atoms with Gasteiger partial charge in [0.05, 0.1) is 5.69 Å². The number of ketones is 1. The van der Waals surface area contributed by atoms with Crippen LogP contribution in [0.15, 0.2) is 72.9 Å². The highest BCUT2D eigenvalue weighted by atomic mass is 16.1.